The van der Waals surface area contributed by atoms with Gasteiger partial charge in [0, 0.05) is 24.1 Å². The van der Waals surface area contributed by atoms with Crippen LogP contribution < -0.4 is 14.2 Å². The maximum atomic E-state index is 12.6. The van der Waals surface area contributed by atoms with Gasteiger partial charge in [0.1, 0.15) is 0 Å². The second-order valence-corrected chi connectivity index (χ2v) is 6.32. The number of carbonyl (C=O) groups is 2. The summed E-state index contributed by atoms with van der Waals surface area (Å²) in [5, 5.41) is 0. The van der Waals surface area contributed by atoms with Crippen LogP contribution in [-0.2, 0) is 0 Å². The van der Waals surface area contributed by atoms with Crippen molar-refractivity contribution in [2.45, 2.75) is 33.6 Å². The van der Waals surface area contributed by atoms with Gasteiger partial charge < -0.3 is 14.2 Å². The minimum absolute atomic E-state index is 0.0762. The van der Waals surface area contributed by atoms with E-state index in [1.165, 1.54) is 14.2 Å². The molecule has 0 saturated heterocycles. The Hall–Kier alpha value is -2.89. The number of hydrogen-bond donors (Lipinski definition) is 0. The molecule has 2 aromatic rings. The van der Waals surface area contributed by atoms with E-state index >= 15 is 0 Å². The van der Waals surface area contributed by atoms with Gasteiger partial charge in [0.2, 0.25) is 5.88 Å². The van der Waals surface area contributed by atoms with Crippen molar-refractivity contribution < 1.29 is 23.8 Å². The lowest BCUT2D eigenvalue weighted by Gasteiger charge is -2.12. The molecule has 0 N–H and O–H groups in total. The Labute approximate surface area is 159 Å². The van der Waals surface area contributed by atoms with Crippen LogP contribution in [0, 0.1) is 20.8 Å². The van der Waals surface area contributed by atoms with Crippen LogP contribution in [0.3, 0.4) is 0 Å². The molecule has 0 saturated carbocycles. The molecule has 6 heteroatoms. The zero-order chi connectivity index (χ0) is 20.1. The topological polar surface area (TPSA) is 74.7 Å². The maximum absolute atomic E-state index is 12.6. The van der Waals surface area contributed by atoms with Crippen LogP contribution in [0.5, 0.6) is 17.4 Å². The normalized spacial score (nSPS) is 10.4. The number of hydrogen-bond acceptors (Lipinski definition) is 6. The first-order valence-corrected chi connectivity index (χ1v) is 8.63. The van der Waals surface area contributed by atoms with E-state index in [4.69, 9.17) is 14.2 Å². The van der Waals surface area contributed by atoms with Gasteiger partial charge in [0.15, 0.2) is 23.1 Å². The van der Waals surface area contributed by atoms with Crippen molar-refractivity contribution in [1.29, 1.82) is 0 Å². The number of benzene rings is 1. The third-order valence-corrected chi connectivity index (χ3v) is 4.49. The van der Waals surface area contributed by atoms with Crippen LogP contribution in [0.15, 0.2) is 18.2 Å². The highest BCUT2D eigenvalue weighted by Crippen LogP contribution is 2.32. The Bertz CT molecular complexity index is 873. The summed E-state index contributed by atoms with van der Waals surface area (Å²) in [5.41, 5.74) is 3.40. The van der Waals surface area contributed by atoms with Crippen molar-refractivity contribution in [3.63, 3.8) is 0 Å². The number of nitrogens with zero attached hydrogens (tertiary/aromatic N) is 1. The monoisotopic (exact) mass is 371 g/mol. The summed E-state index contributed by atoms with van der Waals surface area (Å²) >= 11 is 0. The van der Waals surface area contributed by atoms with E-state index in [1.54, 1.807) is 25.3 Å². The molecule has 2 rings (SSSR count). The average molecular weight is 371 g/mol. The number of ether oxygens (including phenoxy) is 3. The average Bonchev–Trinajstić information content (AvgIpc) is 2.66. The molecule has 0 amide bonds. The van der Waals surface area contributed by atoms with Crippen LogP contribution in [0.1, 0.15) is 50.4 Å². The molecule has 0 radical (unpaired) electrons. The second kappa shape index (κ2) is 8.66. The van der Waals surface area contributed by atoms with E-state index in [0.717, 1.165) is 16.8 Å². The molecule has 1 aromatic carbocycles. The van der Waals surface area contributed by atoms with Crippen molar-refractivity contribution >= 4 is 11.6 Å². The highest BCUT2D eigenvalue weighted by molar-refractivity contribution is 6.03. The highest BCUT2D eigenvalue weighted by Gasteiger charge is 2.19. The number of carbonyl (C=O) groups excluding carboxylic acids is 2. The van der Waals surface area contributed by atoms with E-state index in [1.807, 2.05) is 20.8 Å². The Morgan fingerprint density at radius 2 is 1.52 bits per heavy atom. The largest absolute Gasteiger partial charge is 0.493 e. The zero-order valence-electron chi connectivity index (χ0n) is 16.6. The Morgan fingerprint density at radius 1 is 0.852 bits per heavy atom. The lowest BCUT2D eigenvalue weighted by molar-refractivity contribution is 0.0915. The maximum Gasteiger partial charge on any atom is 0.224 e. The first kappa shape index (κ1) is 20.4. The third kappa shape index (κ3) is 4.45. The molecule has 0 bridgehead atoms. The van der Waals surface area contributed by atoms with Crippen molar-refractivity contribution in [2.24, 2.45) is 0 Å². The van der Waals surface area contributed by atoms with Gasteiger partial charge in [-0.15, -0.1) is 0 Å². The Morgan fingerprint density at radius 3 is 2.11 bits per heavy atom. The fraction of sp³-hybridized carbons (Fsp3) is 0.381. The number of methoxy groups -OCH3 is 3. The first-order chi connectivity index (χ1) is 12.8. The van der Waals surface area contributed by atoms with Crippen LogP contribution in [0.2, 0.25) is 0 Å². The second-order valence-electron chi connectivity index (χ2n) is 6.32. The summed E-state index contributed by atoms with van der Waals surface area (Å²) in [4.78, 5) is 29.5. The van der Waals surface area contributed by atoms with Crippen molar-refractivity contribution in [2.75, 3.05) is 21.3 Å². The molecule has 1 heterocycles. The van der Waals surface area contributed by atoms with Crippen molar-refractivity contribution in [1.82, 2.24) is 4.98 Å². The molecule has 1 aromatic heterocycles. The van der Waals surface area contributed by atoms with Crippen molar-refractivity contribution in [3.05, 3.63) is 46.1 Å². The van der Waals surface area contributed by atoms with Crippen molar-refractivity contribution in [3.8, 4) is 17.4 Å². The molecule has 0 atom stereocenters. The Balaban J connectivity index is 2.18. The van der Waals surface area contributed by atoms with E-state index in [2.05, 4.69) is 4.98 Å². The molecule has 0 fully saturated rings. The number of rotatable bonds is 8. The van der Waals surface area contributed by atoms with Gasteiger partial charge in [-0.25, -0.2) is 4.98 Å². The van der Waals surface area contributed by atoms with Crippen LogP contribution in [0.4, 0.5) is 0 Å². The quantitative estimate of drug-likeness (QED) is 0.656. The number of ketones is 2. The first-order valence-electron chi connectivity index (χ1n) is 8.63. The van der Waals surface area contributed by atoms with E-state index in [9.17, 15) is 9.59 Å². The van der Waals surface area contributed by atoms with Crippen LogP contribution >= 0.6 is 0 Å². The lowest BCUT2D eigenvalue weighted by atomic mass is 9.99. The molecular weight excluding hydrogens is 346 g/mol. The Kier molecular flexibility index (Phi) is 6.55. The van der Waals surface area contributed by atoms with Gasteiger partial charge >= 0.3 is 0 Å². The number of pyridine rings is 1. The fourth-order valence-electron chi connectivity index (χ4n) is 2.86. The summed E-state index contributed by atoms with van der Waals surface area (Å²) in [6.45, 7) is 5.58. The molecular formula is C21H25NO5. The predicted molar refractivity (Wildman–Crippen MR) is 102 cm³/mol. The number of Topliss-reactive ketones (excluding diaryl/α,β-unsaturated/α-hetero) is 2. The summed E-state index contributed by atoms with van der Waals surface area (Å²) in [5.74, 6) is 1.07. The lowest BCUT2D eigenvalue weighted by Crippen LogP contribution is -2.09. The van der Waals surface area contributed by atoms with Gasteiger partial charge in [-0.05, 0) is 50.1 Å². The van der Waals surface area contributed by atoms with Gasteiger partial charge in [-0.1, -0.05) is 0 Å². The van der Waals surface area contributed by atoms with Gasteiger partial charge in [0.25, 0.3) is 0 Å². The molecule has 0 aliphatic rings. The van der Waals surface area contributed by atoms with Gasteiger partial charge in [-0.3, -0.25) is 9.59 Å². The van der Waals surface area contributed by atoms with Crippen LogP contribution in [-0.4, -0.2) is 37.9 Å². The van der Waals surface area contributed by atoms with E-state index in [-0.39, 0.29) is 30.3 Å². The number of aryl methyl sites for hydroxylation is 3. The van der Waals surface area contributed by atoms with Crippen LogP contribution in [0.25, 0.3) is 0 Å². The summed E-state index contributed by atoms with van der Waals surface area (Å²) in [6, 6.07) is 5.14. The summed E-state index contributed by atoms with van der Waals surface area (Å²) < 4.78 is 15.8. The summed E-state index contributed by atoms with van der Waals surface area (Å²) in [6.07, 6.45) is 0.163. The highest BCUT2D eigenvalue weighted by atomic mass is 16.5. The fourth-order valence-corrected chi connectivity index (χ4v) is 2.86. The predicted octanol–water partition coefficient (Wildman–Crippen LogP) is 3.88. The molecule has 144 valence electrons. The minimum Gasteiger partial charge on any atom is -0.493 e. The van der Waals surface area contributed by atoms with E-state index in [0.29, 0.717) is 22.6 Å². The molecule has 0 aliphatic carbocycles. The third-order valence-electron chi connectivity index (χ3n) is 4.49. The number of aromatic nitrogens is 1. The molecule has 0 spiro atoms. The zero-order valence-corrected chi connectivity index (χ0v) is 16.6. The smallest absolute Gasteiger partial charge is 0.224 e. The van der Waals surface area contributed by atoms with E-state index < -0.39 is 0 Å². The molecule has 6 nitrogen and oxygen atoms in total. The van der Waals surface area contributed by atoms with Gasteiger partial charge in [-0.2, -0.15) is 0 Å². The minimum atomic E-state index is -0.173. The van der Waals surface area contributed by atoms with Gasteiger partial charge in [0.05, 0.1) is 26.9 Å². The standard InChI is InChI=1S/C21H25NO5/c1-12-10-16(21(27-6)22-14(12)3)18(24)8-7-17(23)15-9-13(2)20(26-5)19(11-15)25-4/h9-11H,7-8H2,1-6H3. The SMILES string of the molecule is COc1cc(C(=O)CCC(=O)c2cc(C)c(C)nc2OC)cc(C)c1OC. The molecule has 27 heavy (non-hydrogen) atoms. The molecule has 0 unspecified atom stereocenters. The summed E-state index contributed by atoms with van der Waals surface area (Å²) in [7, 11) is 4.55. The molecule has 0 aliphatic heterocycles.